The molecule has 0 aliphatic heterocycles. The van der Waals surface area contributed by atoms with E-state index in [4.69, 9.17) is 11.6 Å². The van der Waals surface area contributed by atoms with Crippen LogP contribution in [0.15, 0.2) is 23.9 Å². The topological polar surface area (TPSA) is 37.8 Å². The Bertz CT molecular complexity index is 347. The summed E-state index contributed by atoms with van der Waals surface area (Å²) in [6.07, 6.45) is 4.21. The zero-order valence-electron chi connectivity index (χ0n) is 7.83. The summed E-state index contributed by atoms with van der Waals surface area (Å²) in [7, 11) is 0. The predicted octanol–water partition coefficient (Wildman–Crippen LogP) is 2.52. The smallest absolute Gasteiger partial charge is 0.133 e. The second kappa shape index (κ2) is 3.96. The van der Waals surface area contributed by atoms with E-state index in [1.807, 2.05) is 6.07 Å². The lowest BCUT2D eigenvalue weighted by Gasteiger charge is -2.04. The van der Waals surface area contributed by atoms with Crippen LogP contribution in [0.5, 0.6) is 0 Å². The van der Waals surface area contributed by atoms with E-state index in [-0.39, 0.29) is 0 Å². The Hall–Kier alpha value is -1.09. The lowest BCUT2D eigenvalue weighted by Crippen LogP contribution is -2.04. The summed E-state index contributed by atoms with van der Waals surface area (Å²) in [4.78, 5) is 8.61. The first-order valence-corrected chi connectivity index (χ1v) is 5.03. The summed E-state index contributed by atoms with van der Waals surface area (Å²) in [6, 6.07) is 1.84. The van der Waals surface area contributed by atoms with Gasteiger partial charge in [0.25, 0.3) is 0 Å². The molecule has 1 fully saturated rings. The van der Waals surface area contributed by atoms with E-state index >= 15 is 0 Å². The third kappa shape index (κ3) is 2.45. The lowest BCUT2D eigenvalue weighted by molar-refractivity contribution is 0.926. The molecule has 1 aromatic heterocycles. The number of hydrogen-bond donors (Lipinski definition) is 1. The third-order valence-electron chi connectivity index (χ3n) is 2.08. The van der Waals surface area contributed by atoms with Crippen molar-refractivity contribution in [2.75, 3.05) is 11.9 Å². The second-order valence-corrected chi connectivity index (χ2v) is 3.98. The Morgan fingerprint density at radius 3 is 3.07 bits per heavy atom. The van der Waals surface area contributed by atoms with Crippen LogP contribution >= 0.6 is 11.6 Å². The van der Waals surface area contributed by atoms with Crippen LogP contribution in [0, 0.1) is 0 Å². The molecule has 0 aromatic carbocycles. The molecule has 74 valence electrons. The quantitative estimate of drug-likeness (QED) is 0.828. The maximum Gasteiger partial charge on any atom is 0.133 e. The number of halogens is 1. The van der Waals surface area contributed by atoms with Gasteiger partial charge in [0.05, 0.1) is 6.54 Å². The molecule has 0 saturated heterocycles. The average molecular weight is 210 g/mol. The number of rotatable bonds is 4. The third-order valence-corrected chi connectivity index (χ3v) is 2.21. The lowest BCUT2D eigenvalue weighted by atomic mass is 10.4. The molecule has 1 N–H and O–H groups in total. The molecular weight excluding hydrogens is 198 g/mol. The fourth-order valence-corrected chi connectivity index (χ4v) is 1.26. The maximum atomic E-state index is 5.64. The Morgan fingerprint density at radius 1 is 1.64 bits per heavy atom. The van der Waals surface area contributed by atoms with Crippen molar-refractivity contribution in [1.29, 1.82) is 0 Å². The van der Waals surface area contributed by atoms with Crippen LogP contribution in [0.2, 0.25) is 0 Å². The molecular formula is C10H12ClN3. The first kappa shape index (κ1) is 9.46. The largest absolute Gasteiger partial charge is 0.365 e. The van der Waals surface area contributed by atoms with E-state index in [2.05, 4.69) is 21.9 Å². The van der Waals surface area contributed by atoms with Gasteiger partial charge in [-0.2, -0.15) is 0 Å². The van der Waals surface area contributed by atoms with Gasteiger partial charge in [0, 0.05) is 17.1 Å². The molecule has 0 amide bonds. The summed E-state index contributed by atoms with van der Waals surface area (Å²) in [5, 5.41) is 3.66. The molecule has 0 radical (unpaired) electrons. The van der Waals surface area contributed by atoms with Crippen LogP contribution in [0.4, 0.5) is 5.82 Å². The van der Waals surface area contributed by atoms with Crippen molar-refractivity contribution in [2.24, 2.45) is 0 Å². The van der Waals surface area contributed by atoms with Crippen molar-refractivity contribution < 1.29 is 0 Å². The predicted molar refractivity (Wildman–Crippen MR) is 57.5 cm³/mol. The second-order valence-electron chi connectivity index (χ2n) is 3.45. The van der Waals surface area contributed by atoms with Crippen molar-refractivity contribution in [3.8, 4) is 0 Å². The Morgan fingerprint density at radius 2 is 2.43 bits per heavy atom. The van der Waals surface area contributed by atoms with Crippen LogP contribution in [0.3, 0.4) is 0 Å². The molecule has 0 spiro atoms. The fourth-order valence-electron chi connectivity index (χ4n) is 1.20. The highest BCUT2D eigenvalue weighted by atomic mass is 35.5. The number of aromatic nitrogens is 2. The number of nitrogens with zero attached hydrogens (tertiary/aromatic N) is 2. The van der Waals surface area contributed by atoms with Crippen molar-refractivity contribution in [3.63, 3.8) is 0 Å². The van der Waals surface area contributed by atoms with Crippen molar-refractivity contribution in [1.82, 2.24) is 9.97 Å². The zero-order chi connectivity index (χ0) is 9.97. The first-order chi connectivity index (χ1) is 6.75. The van der Waals surface area contributed by atoms with E-state index in [1.165, 1.54) is 12.8 Å². The summed E-state index contributed by atoms with van der Waals surface area (Å²) < 4.78 is 0. The highest BCUT2D eigenvalue weighted by Gasteiger charge is 2.26. The normalized spacial score (nSPS) is 15.2. The van der Waals surface area contributed by atoms with Crippen LogP contribution in [0.1, 0.15) is 24.6 Å². The van der Waals surface area contributed by atoms with E-state index in [0.29, 0.717) is 17.5 Å². The monoisotopic (exact) mass is 209 g/mol. The van der Waals surface area contributed by atoms with Gasteiger partial charge in [0.2, 0.25) is 0 Å². The van der Waals surface area contributed by atoms with E-state index < -0.39 is 0 Å². The Labute approximate surface area is 88.2 Å². The van der Waals surface area contributed by atoms with Crippen LogP contribution < -0.4 is 5.32 Å². The highest BCUT2D eigenvalue weighted by molar-refractivity contribution is 6.29. The molecule has 1 aromatic rings. The molecule has 0 bridgehead atoms. The molecule has 1 heterocycles. The minimum atomic E-state index is 0.544. The molecule has 4 heteroatoms. The molecule has 1 aliphatic rings. The first-order valence-electron chi connectivity index (χ1n) is 4.66. The van der Waals surface area contributed by atoms with Gasteiger partial charge >= 0.3 is 0 Å². The maximum absolute atomic E-state index is 5.64. The minimum absolute atomic E-state index is 0.544. The summed E-state index contributed by atoms with van der Waals surface area (Å²) >= 11 is 5.64. The van der Waals surface area contributed by atoms with Crippen LogP contribution in [-0.4, -0.2) is 16.5 Å². The van der Waals surface area contributed by atoms with Gasteiger partial charge in [-0.15, -0.1) is 0 Å². The summed E-state index contributed by atoms with van der Waals surface area (Å²) in [6.45, 7) is 4.14. The van der Waals surface area contributed by atoms with Crippen molar-refractivity contribution >= 4 is 17.4 Å². The summed E-state index contributed by atoms with van der Waals surface area (Å²) in [5.41, 5.74) is 0. The number of hydrogen-bond acceptors (Lipinski definition) is 3. The van der Waals surface area contributed by atoms with Crippen LogP contribution in [-0.2, 0) is 0 Å². The van der Waals surface area contributed by atoms with Gasteiger partial charge < -0.3 is 5.32 Å². The minimum Gasteiger partial charge on any atom is -0.365 e. The van der Waals surface area contributed by atoms with Crippen LogP contribution in [0.25, 0.3) is 0 Å². The number of anilines is 1. The Balaban J connectivity index is 2.02. The van der Waals surface area contributed by atoms with Gasteiger partial charge in [0.15, 0.2) is 0 Å². The van der Waals surface area contributed by atoms with E-state index in [9.17, 15) is 0 Å². The van der Waals surface area contributed by atoms with Gasteiger partial charge in [-0.1, -0.05) is 18.2 Å². The van der Waals surface area contributed by atoms with Gasteiger partial charge in [0.1, 0.15) is 11.6 Å². The highest BCUT2D eigenvalue weighted by Crippen LogP contribution is 2.37. The molecule has 0 atom stereocenters. The SMILES string of the molecule is C=C(Cl)CNc1ccnc(C2CC2)n1. The fraction of sp³-hybridized carbons (Fsp3) is 0.400. The molecule has 1 aliphatic carbocycles. The van der Waals surface area contributed by atoms with Crippen molar-refractivity contribution in [2.45, 2.75) is 18.8 Å². The average Bonchev–Trinajstić information content (AvgIpc) is 2.98. The van der Waals surface area contributed by atoms with E-state index in [1.54, 1.807) is 6.20 Å². The van der Waals surface area contributed by atoms with Gasteiger partial charge in [-0.05, 0) is 18.9 Å². The van der Waals surface area contributed by atoms with Gasteiger partial charge in [-0.25, -0.2) is 9.97 Å². The molecule has 1 saturated carbocycles. The number of nitrogens with one attached hydrogen (secondary N) is 1. The summed E-state index contributed by atoms with van der Waals surface area (Å²) in [5.74, 6) is 2.34. The molecule has 14 heavy (non-hydrogen) atoms. The molecule has 0 unspecified atom stereocenters. The Kier molecular flexibility index (Phi) is 2.68. The zero-order valence-corrected chi connectivity index (χ0v) is 8.59. The van der Waals surface area contributed by atoms with E-state index in [0.717, 1.165) is 11.6 Å². The molecule has 2 rings (SSSR count). The van der Waals surface area contributed by atoms with Crippen molar-refractivity contribution in [3.05, 3.63) is 29.7 Å². The van der Waals surface area contributed by atoms with Gasteiger partial charge in [-0.3, -0.25) is 0 Å². The standard InChI is InChI=1S/C10H12ClN3/c1-7(11)6-13-9-4-5-12-10(14-9)8-2-3-8/h4-5,8H,1-3,6H2,(H,12,13,14). The molecule has 3 nitrogen and oxygen atoms in total.